The van der Waals surface area contributed by atoms with Gasteiger partial charge in [0.2, 0.25) is 0 Å². The molecule has 0 saturated heterocycles. The molecule has 102 valence electrons. The van der Waals surface area contributed by atoms with E-state index >= 15 is 0 Å². The van der Waals surface area contributed by atoms with E-state index < -0.39 is 0 Å². The Morgan fingerprint density at radius 1 is 1.30 bits per heavy atom. The summed E-state index contributed by atoms with van der Waals surface area (Å²) in [6.07, 6.45) is 0. The molecule has 20 heavy (non-hydrogen) atoms. The van der Waals surface area contributed by atoms with Gasteiger partial charge in [0, 0.05) is 18.3 Å². The third kappa shape index (κ3) is 2.41. The Bertz CT molecular complexity index is 676. The van der Waals surface area contributed by atoms with Crippen LogP contribution in [0, 0.1) is 25.2 Å². The lowest BCUT2D eigenvalue weighted by Crippen LogP contribution is -2.20. The van der Waals surface area contributed by atoms with Crippen LogP contribution in [-0.2, 0) is 0 Å². The highest BCUT2D eigenvalue weighted by molar-refractivity contribution is 5.68. The Kier molecular flexibility index (Phi) is 3.85. The van der Waals surface area contributed by atoms with Crippen LogP contribution in [0.4, 0.5) is 11.5 Å². The molecule has 0 unspecified atom stereocenters. The molecule has 0 radical (unpaired) electrons. The van der Waals surface area contributed by atoms with E-state index in [9.17, 15) is 10.4 Å². The first-order valence-electron chi connectivity index (χ1n) is 6.39. The average Bonchev–Trinajstić information content (AvgIpc) is 2.44. The van der Waals surface area contributed by atoms with Crippen molar-refractivity contribution in [2.75, 3.05) is 11.4 Å². The smallest absolute Gasteiger partial charge is 0.173 e. The summed E-state index contributed by atoms with van der Waals surface area (Å²) in [4.78, 5) is 1.86. The first kappa shape index (κ1) is 13.8. The van der Waals surface area contributed by atoms with Gasteiger partial charge in [0.05, 0.1) is 5.69 Å². The van der Waals surface area contributed by atoms with Gasteiger partial charge in [0.1, 0.15) is 17.4 Å². The fraction of sp³-hybridized carbons (Fsp3) is 0.267. The summed E-state index contributed by atoms with van der Waals surface area (Å²) in [6.45, 7) is 6.28. The lowest BCUT2D eigenvalue weighted by atomic mass is 10.1. The standard InChI is InChI=1S/C15H16N4O/c1-4-19(12-6-5-7-13(20)8-12)15-14(9-16)10(2)11(3)17-18-15/h5-8,20H,4H2,1-3H3. The van der Waals surface area contributed by atoms with Gasteiger partial charge in [0.25, 0.3) is 0 Å². The minimum atomic E-state index is 0.177. The molecule has 2 rings (SSSR count). The van der Waals surface area contributed by atoms with Crippen molar-refractivity contribution in [3.05, 3.63) is 41.1 Å². The molecule has 0 aliphatic carbocycles. The monoisotopic (exact) mass is 268 g/mol. The summed E-state index contributed by atoms with van der Waals surface area (Å²) < 4.78 is 0. The zero-order valence-electron chi connectivity index (χ0n) is 11.8. The molecule has 2 aromatic rings. The first-order valence-corrected chi connectivity index (χ1v) is 6.39. The lowest BCUT2D eigenvalue weighted by molar-refractivity contribution is 0.475. The van der Waals surface area contributed by atoms with Crippen LogP contribution in [0.15, 0.2) is 24.3 Å². The van der Waals surface area contributed by atoms with E-state index in [2.05, 4.69) is 16.3 Å². The molecule has 0 fully saturated rings. The van der Waals surface area contributed by atoms with Crippen molar-refractivity contribution in [2.45, 2.75) is 20.8 Å². The number of benzene rings is 1. The normalized spacial score (nSPS) is 10.1. The number of phenolic OH excluding ortho intramolecular Hbond substituents is 1. The number of rotatable bonds is 3. The van der Waals surface area contributed by atoms with Crippen molar-refractivity contribution in [3.63, 3.8) is 0 Å². The van der Waals surface area contributed by atoms with E-state index in [1.165, 1.54) is 0 Å². The summed E-state index contributed by atoms with van der Waals surface area (Å²) in [7, 11) is 0. The molecular formula is C15H16N4O. The van der Waals surface area contributed by atoms with Gasteiger partial charge >= 0.3 is 0 Å². The van der Waals surface area contributed by atoms with Crippen LogP contribution in [0.2, 0.25) is 0 Å². The first-order chi connectivity index (χ1) is 9.58. The Labute approximate surface area is 118 Å². The molecule has 1 N–H and O–H groups in total. The number of aromatic nitrogens is 2. The maximum atomic E-state index is 9.60. The zero-order chi connectivity index (χ0) is 14.7. The molecule has 5 heteroatoms. The molecule has 0 aliphatic rings. The van der Waals surface area contributed by atoms with Gasteiger partial charge in [0.15, 0.2) is 5.82 Å². The molecule has 1 aromatic heterocycles. The van der Waals surface area contributed by atoms with Crippen molar-refractivity contribution < 1.29 is 5.11 Å². The highest BCUT2D eigenvalue weighted by Crippen LogP contribution is 2.29. The van der Waals surface area contributed by atoms with Crippen molar-refractivity contribution in [2.24, 2.45) is 0 Å². The van der Waals surface area contributed by atoms with Crippen LogP contribution in [0.1, 0.15) is 23.7 Å². The van der Waals surface area contributed by atoms with Crippen molar-refractivity contribution in [3.8, 4) is 11.8 Å². The van der Waals surface area contributed by atoms with Crippen molar-refractivity contribution in [1.82, 2.24) is 10.2 Å². The second-order valence-electron chi connectivity index (χ2n) is 4.48. The summed E-state index contributed by atoms with van der Waals surface area (Å²) in [6, 6.07) is 9.06. The van der Waals surface area contributed by atoms with Gasteiger partial charge in [-0.25, -0.2) is 0 Å². The number of hydrogen-bond acceptors (Lipinski definition) is 5. The van der Waals surface area contributed by atoms with Crippen LogP contribution < -0.4 is 4.90 Å². The van der Waals surface area contributed by atoms with Crippen molar-refractivity contribution >= 4 is 11.5 Å². The van der Waals surface area contributed by atoms with Gasteiger partial charge in [-0.2, -0.15) is 10.4 Å². The van der Waals surface area contributed by atoms with Crippen LogP contribution in [0.25, 0.3) is 0 Å². The van der Waals surface area contributed by atoms with Crippen LogP contribution in [0.5, 0.6) is 5.75 Å². The molecule has 5 nitrogen and oxygen atoms in total. The van der Waals surface area contributed by atoms with E-state index in [0.717, 1.165) is 16.9 Å². The number of nitriles is 1. The Morgan fingerprint density at radius 2 is 2.05 bits per heavy atom. The Morgan fingerprint density at radius 3 is 2.65 bits per heavy atom. The second kappa shape index (κ2) is 5.57. The lowest BCUT2D eigenvalue weighted by Gasteiger charge is -2.23. The second-order valence-corrected chi connectivity index (χ2v) is 4.48. The summed E-state index contributed by atoms with van der Waals surface area (Å²) in [5.74, 6) is 0.694. The Hall–Kier alpha value is -2.61. The molecule has 0 bridgehead atoms. The van der Waals surface area contributed by atoms with Crippen LogP contribution in [0.3, 0.4) is 0 Å². The zero-order valence-corrected chi connectivity index (χ0v) is 11.8. The summed E-state index contributed by atoms with van der Waals surface area (Å²) in [5, 5.41) is 27.2. The number of phenols is 1. The molecular weight excluding hydrogens is 252 g/mol. The number of hydrogen-bond donors (Lipinski definition) is 1. The van der Waals surface area contributed by atoms with Crippen molar-refractivity contribution in [1.29, 1.82) is 5.26 Å². The SMILES string of the molecule is CCN(c1cccc(O)c1)c1nnc(C)c(C)c1C#N. The molecule has 1 heterocycles. The third-order valence-corrected chi connectivity index (χ3v) is 3.26. The highest BCUT2D eigenvalue weighted by atomic mass is 16.3. The minimum absolute atomic E-state index is 0.177. The van der Waals surface area contributed by atoms with Gasteiger partial charge in [-0.3, -0.25) is 0 Å². The van der Waals surface area contributed by atoms with Gasteiger partial charge in [-0.1, -0.05) is 6.07 Å². The van der Waals surface area contributed by atoms with E-state index in [1.54, 1.807) is 18.2 Å². The average molecular weight is 268 g/mol. The fourth-order valence-electron chi connectivity index (χ4n) is 2.03. The van der Waals surface area contributed by atoms with Gasteiger partial charge < -0.3 is 10.0 Å². The molecule has 0 aliphatic heterocycles. The predicted molar refractivity (Wildman–Crippen MR) is 77.0 cm³/mol. The fourth-order valence-corrected chi connectivity index (χ4v) is 2.03. The molecule has 0 atom stereocenters. The van der Waals surface area contributed by atoms with Crippen LogP contribution >= 0.6 is 0 Å². The molecule has 0 spiro atoms. The topological polar surface area (TPSA) is 73.0 Å². The van der Waals surface area contributed by atoms with Gasteiger partial charge in [-0.15, -0.1) is 5.10 Å². The van der Waals surface area contributed by atoms with E-state index in [1.807, 2.05) is 31.7 Å². The number of aryl methyl sites for hydroxylation is 1. The number of anilines is 2. The molecule has 0 saturated carbocycles. The van der Waals surface area contributed by atoms with E-state index in [0.29, 0.717) is 17.9 Å². The predicted octanol–water partition coefficient (Wildman–Crippen LogP) is 2.83. The number of aromatic hydroxyl groups is 1. The number of nitrogens with zero attached hydrogens (tertiary/aromatic N) is 4. The maximum Gasteiger partial charge on any atom is 0.173 e. The highest BCUT2D eigenvalue weighted by Gasteiger charge is 2.17. The largest absolute Gasteiger partial charge is 0.508 e. The minimum Gasteiger partial charge on any atom is -0.508 e. The Balaban J connectivity index is 2.59. The van der Waals surface area contributed by atoms with Crippen LogP contribution in [-0.4, -0.2) is 21.8 Å². The molecule has 0 amide bonds. The maximum absolute atomic E-state index is 9.60. The van der Waals surface area contributed by atoms with E-state index in [-0.39, 0.29) is 5.75 Å². The van der Waals surface area contributed by atoms with Gasteiger partial charge in [-0.05, 0) is 38.5 Å². The summed E-state index contributed by atoms with van der Waals surface area (Å²) in [5.41, 5.74) is 2.87. The third-order valence-electron chi connectivity index (χ3n) is 3.26. The summed E-state index contributed by atoms with van der Waals surface area (Å²) >= 11 is 0. The quantitative estimate of drug-likeness (QED) is 0.926. The molecule has 1 aromatic carbocycles. The van der Waals surface area contributed by atoms with E-state index in [4.69, 9.17) is 0 Å².